The second-order valence-corrected chi connectivity index (χ2v) is 13.2. The Morgan fingerprint density at radius 2 is 1.58 bits per heavy atom. The van der Waals surface area contributed by atoms with Crippen molar-refractivity contribution in [3.8, 4) is 11.4 Å². The van der Waals surface area contributed by atoms with E-state index in [0.717, 1.165) is 16.7 Å². The topological polar surface area (TPSA) is 149 Å². The zero-order chi connectivity index (χ0) is 31.4. The number of sulfonamides is 1. The number of hydrogen-bond acceptors (Lipinski definition) is 10. The van der Waals surface area contributed by atoms with Gasteiger partial charge < -0.3 is 19.7 Å². The molecule has 232 valence electrons. The molecule has 4 atom stereocenters. The molecule has 6 rings (SSSR count). The zero-order valence-electron chi connectivity index (χ0n) is 24.2. The third-order valence-electron chi connectivity index (χ3n) is 7.52. The van der Waals surface area contributed by atoms with Crippen LogP contribution in [0.4, 0.5) is 5.69 Å². The number of rotatable bonds is 10. The number of aromatic hydroxyl groups is 1. The predicted octanol–water partition coefficient (Wildman–Crippen LogP) is 5.24. The van der Waals surface area contributed by atoms with Crippen LogP contribution in [-0.2, 0) is 26.1 Å². The van der Waals surface area contributed by atoms with E-state index in [9.17, 15) is 18.6 Å². The molecule has 0 amide bonds. The van der Waals surface area contributed by atoms with Crippen LogP contribution in [0, 0.1) is 5.92 Å². The van der Waals surface area contributed by atoms with Gasteiger partial charge in [0.25, 0.3) is 10.0 Å². The molecule has 5 aromatic rings. The Morgan fingerprint density at radius 3 is 2.27 bits per heavy atom. The van der Waals surface area contributed by atoms with Crippen LogP contribution >= 0.6 is 11.8 Å². The molecule has 0 saturated carbocycles. The van der Waals surface area contributed by atoms with Gasteiger partial charge in [0.2, 0.25) is 5.16 Å². The molecule has 13 heteroatoms. The number of aromatic nitrogens is 4. The molecule has 1 saturated heterocycles. The van der Waals surface area contributed by atoms with E-state index < -0.39 is 16.3 Å². The molecule has 0 bridgehead atoms. The van der Waals surface area contributed by atoms with E-state index in [1.165, 1.54) is 23.9 Å². The van der Waals surface area contributed by atoms with Crippen LogP contribution < -0.4 is 4.72 Å². The summed E-state index contributed by atoms with van der Waals surface area (Å²) in [6.07, 6.45) is -1.34. The smallest absolute Gasteiger partial charge is 0.261 e. The van der Waals surface area contributed by atoms with Crippen molar-refractivity contribution < 1.29 is 28.1 Å². The van der Waals surface area contributed by atoms with E-state index in [1.54, 1.807) is 71.4 Å². The Hall–Kier alpha value is -4.27. The van der Waals surface area contributed by atoms with Gasteiger partial charge in [-0.1, -0.05) is 73.3 Å². The minimum Gasteiger partial charge on any atom is -0.508 e. The molecule has 1 aromatic heterocycles. The lowest BCUT2D eigenvalue weighted by atomic mass is 9.91. The maximum absolute atomic E-state index is 12.8. The van der Waals surface area contributed by atoms with Gasteiger partial charge in [-0.15, -0.1) is 5.10 Å². The molecule has 1 aliphatic rings. The number of ether oxygens (including phenoxy) is 2. The van der Waals surface area contributed by atoms with Crippen LogP contribution in [0.15, 0.2) is 113 Å². The van der Waals surface area contributed by atoms with E-state index in [2.05, 4.69) is 27.2 Å². The van der Waals surface area contributed by atoms with Gasteiger partial charge >= 0.3 is 0 Å². The second kappa shape index (κ2) is 13.4. The fourth-order valence-corrected chi connectivity index (χ4v) is 7.15. The highest BCUT2D eigenvalue weighted by atomic mass is 32.2. The number of hydrogen-bond donors (Lipinski definition) is 3. The first-order chi connectivity index (χ1) is 21.8. The summed E-state index contributed by atoms with van der Waals surface area (Å²) in [5, 5.41) is 31.9. The first-order valence-electron chi connectivity index (χ1n) is 14.2. The number of phenols is 1. The van der Waals surface area contributed by atoms with Crippen LogP contribution in [0.25, 0.3) is 5.69 Å². The lowest BCUT2D eigenvalue weighted by Gasteiger charge is -2.41. The molecule has 0 spiro atoms. The van der Waals surface area contributed by atoms with Crippen molar-refractivity contribution in [2.75, 3.05) is 10.5 Å². The van der Waals surface area contributed by atoms with Crippen molar-refractivity contribution in [3.63, 3.8) is 0 Å². The molecule has 4 aromatic carbocycles. The Kier molecular flexibility index (Phi) is 9.14. The summed E-state index contributed by atoms with van der Waals surface area (Å²) in [6.45, 7) is 2.01. The molecular weight excluding hydrogens is 615 g/mol. The maximum Gasteiger partial charge on any atom is 0.261 e. The largest absolute Gasteiger partial charge is 0.508 e. The summed E-state index contributed by atoms with van der Waals surface area (Å²) in [4.78, 5) is 0.175. The normalized spacial score (nSPS) is 20.1. The standard InChI is InChI=1S/C32H31N5O6S2/c1-21-29(20-44-32-33-35-36-37(32)26-15-17-27(39)18-16-26)42-31(43-30(21)23-9-7-22(19-38)8-10-23)24-11-13-25(14-12-24)34-45(40,41)28-5-3-2-4-6-28/h2-18,21,29-31,34,38-39H,19-20H2,1H3/t21-,29+,30+,31+/m0/s1. The van der Waals surface area contributed by atoms with Gasteiger partial charge in [0.05, 0.1) is 29.4 Å². The van der Waals surface area contributed by atoms with Gasteiger partial charge in [-0.3, -0.25) is 4.72 Å². The zero-order valence-corrected chi connectivity index (χ0v) is 25.8. The SMILES string of the molecule is C[C@H]1[C@@H](CSc2nnnn2-c2ccc(O)cc2)O[C@@H](c2ccc(NS(=O)(=O)c3ccccc3)cc2)O[C@H]1c1ccc(CO)cc1. The Morgan fingerprint density at radius 1 is 0.889 bits per heavy atom. The molecule has 11 nitrogen and oxygen atoms in total. The van der Waals surface area contributed by atoms with Crippen molar-refractivity contribution in [2.24, 2.45) is 5.92 Å². The summed E-state index contributed by atoms with van der Waals surface area (Å²) < 4.78 is 42.9. The van der Waals surface area contributed by atoms with Gasteiger partial charge in [0.15, 0.2) is 6.29 Å². The highest BCUT2D eigenvalue weighted by Gasteiger charge is 2.38. The van der Waals surface area contributed by atoms with Gasteiger partial charge in [0, 0.05) is 22.9 Å². The predicted molar refractivity (Wildman–Crippen MR) is 168 cm³/mol. The molecule has 1 aliphatic heterocycles. The number of aliphatic hydroxyl groups is 1. The van der Waals surface area contributed by atoms with Crippen LogP contribution in [0.1, 0.15) is 36.0 Å². The molecule has 0 aliphatic carbocycles. The van der Waals surface area contributed by atoms with E-state index in [1.807, 2.05) is 24.3 Å². The molecule has 1 fully saturated rings. The highest BCUT2D eigenvalue weighted by molar-refractivity contribution is 7.99. The fourth-order valence-electron chi connectivity index (χ4n) is 5.01. The molecule has 0 radical (unpaired) electrons. The summed E-state index contributed by atoms with van der Waals surface area (Å²) in [6, 6.07) is 29.4. The molecule has 45 heavy (non-hydrogen) atoms. The number of aliphatic hydroxyl groups excluding tert-OH is 1. The Bertz CT molecular complexity index is 1820. The monoisotopic (exact) mass is 645 g/mol. The van der Waals surface area contributed by atoms with Gasteiger partial charge in [-0.25, -0.2) is 8.42 Å². The second-order valence-electron chi connectivity index (χ2n) is 10.6. The number of thioether (sulfide) groups is 1. The molecular formula is C32H31N5O6S2. The number of nitrogens with one attached hydrogen (secondary N) is 1. The fraction of sp³-hybridized carbons (Fsp3) is 0.219. The third-order valence-corrected chi connectivity index (χ3v) is 9.93. The van der Waals surface area contributed by atoms with Crippen LogP contribution in [-0.4, -0.2) is 50.7 Å². The summed E-state index contributed by atoms with van der Waals surface area (Å²) in [5.74, 6) is 0.597. The van der Waals surface area contributed by atoms with Gasteiger partial charge in [-0.2, -0.15) is 4.68 Å². The quantitative estimate of drug-likeness (QED) is 0.172. The molecule has 2 heterocycles. The molecule has 0 unspecified atom stereocenters. The Labute approximate surface area is 264 Å². The lowest BCUT2D eigenvalue weighted by Crippen LogP contribution is -2.38. The summed E-state index contributed by atoms with van der Waals surface area (Å²) in [5.41, 5.74) is 3.60. The number of anilines is 1. The van der Waals surface area contributed by atoms with Crippen molar-refractivity contribution in [2.45, 2.75) is 42.1 Å². The van der Waals surface area contributed by atoms with Gasteiger partial charge in [0.1, 0.15) is 5.75 Å². The van der Waals surface area contributed by atoms with Crippen molar-refractivity contribution in [1.82, 2.24) is 20.2 Å². The number of nitrogens with zero attached hydrogens (tertiary/aromatic N) is 4. The van der Waals surface area contributed by atoms with E-state index >= 15 is 0 Å². The number of phenolic OH excluding ortho intramolecular Hbond substituents is 1. The summed E-state index contributed by atoms with van der Waals surface area (Å²) >= 11 is 1.44. The summed E-state index contributed by atoms with van der Waals surface area (Å²) in [7, 11) is -3.74. The number of benzene rings is 4. The maximum atomic E-state index is 12.8. The van der Waals surface area contributed by atoms with Crippen LogP contribution in [0.2, 0.25) is 0 Å². The molecule has 3 N–H and O–H groups in total. The minimum absolute atomic E-state index is 0.0531. The van der Waals surface area contributed by atoms with E-state index in [-0.39, 0.29) is 35.4 Å². The van der Waals surface area contributed by atoms with Crippen LogP contribution in [0.5, 0.6) is 5.75 Å². The van der Waals surface area contributed by atoms with E-state index in [0.29, 0.717) is 22.3 Å². The average molecular weight is 646 g/mol. The first kappa shape index (κ1) is 30.7. The first-order valence-corrected chi connectivity index (χ1v) is 16.7. The minimum atomic E-state index is -3.74. The number of tetrazole rings is 1. The van der Waals surface area contributed by atoms with Gasteiger partial charge in [-0.05, 0) is 70.1 Å². The average Bonchev–Trinajstić information content (AvgIpc) is 3.54. The third kappa shape index (κ3) is 7.02. The van der Waals surface area contributed by atoms with Crippen LogP contribution in [0.3, 0.4) is 0 Å². The lowest BCUT2D eigenvalue weighted by molar-refractivity contribution is -0.268. The van der Waals surface area contributed by atoms with Crippen molar-refractivity contribution in [1.29, 1.82) is 0 Å². The Balaban J connectivity index is 1.23. The highest BCUT2D eigenvalue weighted by Crippen LogP contribution is 2.43. The van der Waals surface area contributed by atoms with Crippen molar-refractivity contribution >= 4 is 27.5 Å². The van der Waals surface area contributed by atoms with E-state index in [4.69, 9.17) is 9.47 Å². The van der Waals surface area contributed by atoms with Crippen molar-refractivity contribution in [3.05, 3.63) is 120 Å².